The minimum absolute atomic E-state index is 0.0789. The Morgan fingerprint density at radius 1 is 1.24 bits per heavy atom. The minimum atomic E-state index is -0.0943. The van der Waals surface area contributed by atoms with Crippen LogP contribution in [0.2, 0.25) is 0 Å². The van der Waals surface area contributed by atoms with Crippen LogP contribution in [0.15, 0.2) is 47.5 Å². The van der Waals surface area contributed by atoms with Crippen molar-refractivity contribution in [1.29, 1.82) is 0 Å². The van der Waals surface area contributed by atoms with Crippen LogP contribution in [-0.2, 0) is 9.47 Å². The number of anilines is 1. The van der Waals surface area contributed by atoms with Gasteiger partial charge in [-0.1, -0.05) is 23.8 Å². The smallest absolute Gasteiger partial charge is 0.261 e. The highest BCUT2D eigenvalue weighted by Gasteiger charge is 2.24. The number of rotatable bonds is 6. The topological polar surface area (TPSA) is 102 Å². The summed E-state index contributed by atoms with van der Waals surface area (Å²) in [5.41, 5.74) is 10.7. The molecule has 0 atom stereocenters. The number of carbonyl (C=O) groups is 1. The fourth-order valence-corrected chi connectivity index (χ4v) is 4.94. The zero-order valence-electron chi connectivity index (χ0n) is 19.0. The standard InChI is InChI=1S/C25H27N5O3S/c1-16-3-2-4-17(11-16)19(26)5-6-27-23-13-21(30-7-9-32-10-8-30)24-20(29-23)12-22(34-24)25(31)28-18-14-33-15-18/h2-6,11-13,18H,7-10,14-15,26H2,1H3,(H,28,31)/b19-5-,27-6?. The van der Waals surface area contributed by atoms with Crippen molar-refractivity contribution in [1.82, 2.24) is 10.3 Å². The summed E-state index contributed by atoms with van der Waals surface area (Å²) in [4.78, 5) is 24.9. The number of allylic oxidation sites excluding steroid dienone is 1. The van der Waals surface area contributed by atoms with Gasteiger partial charge in [-0.05, 0) is 30.7 Å². The lowest BCUT2D eigenvalue weighted by Gasteiger charge is -2.29. The molecule has 0 aliphatic carbocycles. The third-order valence-electron chi connectivity index (χ3n) is 5.81. The monoisotopic (exact) mass is 477 g/mol. The fraction of sp³-hybridized carbons (Fsp3) is 0.320. The predicted molar refractivity (Wildman–Crippen MR) is 136 cm³/mol. The Hall–Kier alpha value is -3.27. The van der Waals surface area contributed by atoms with E-state index in [2.05, 4.69) is 15.2 Å². The van der Waals surface area contributed by atoms with Crippen molar-refractivity contribution in [2.45, 2.75) is 13.0 Å². The van der Waals surface area contributed by atoms with E-state index in [0.29, 0.717) is 42.8 Å². The number of hydrogen-bond acceptors (Lipinski definition) is 8. The molecule has 2 fully saturated rings. The van der Waals surface area contributed by atoms with Gasteiger partial charge in [0, 0.05) is 31.1 Å². The summed E-state index contributed by atoms with van der Waals surface area (Å²) in [6.07, 6.45) is 3.45. The quantitative estimate of drug-likeness (QED) is 0.529. The molecule has 0 saturated carbocycles. The average molecular weight is 478 g/mol. The van der Waals surface area contributed by atoms with E-state index < -0.39 is 0 Å². The van der Waals surface area contributed by atoms with E-state index in [9.17, 15) is 4.79 Å². The molecule has 3 aromatic rings. The summed E-state index contributed by atoms with van der Waals surface area (Å²) in [5.74, 6) is 0.475. The molecular formula is C25H27N5O3S. The van der Waals surface area contributed by atoms with Gasteiger partial charge in [0.2, 0.25) is 0 Å². The second kappa shape index (κ2) is 9.92. The summed E-state index contributed by atoms with van der Waals surface area (Å²) >= 11 is 1.46. The summed E-state index contributed by atoms with van der Waals surface area (Å²) in [7, 11) is 0. The number of ether oxygens (including phenoxy) is 2. The molecule has 9 heteroatoms. The summed E-state index contributed by atoms with van der Waals surface area (Å²) < 4.78 is 11.7. The number of carbonyl (C=O) groups excluding carboxylic acids is 1. The van der Waals surface area contributed by atoms with E-state index >= 15 is 0 Å². The lowest BCUT2D eigenvalue weighted by molar-refractivity contribution is -0.00338. The number of amides is 1. The molecule has 176 valence electrons. The van der Waals surface area contributed by atoms with E-state index in [1.807, 2.05) is 43.3 Å². The van der Waals surface area contributed by atoms with Crippen LogP contribution in [0.4, 0.5) is 11.5 Å². The predicted octanol–water partition coefficient (Wildman–Crippen LogP) is 3.27. The Bertz CT molecular complexity index is 1260. The Morgan fingerprint density at radius 2 is 2.06 bits per heavy atom. The molecule has 2 aromatic heterocycles. The number of benzene rings is 1. The molecule has 8 nitrogen and oxygen atoms in total. The number of aromatic nitrogens is 1. The summed E-state index contributed by atoms with van der Waals surface area (Å²) in [5, 5.41) is 3.01. The minimum Gasteiger partial charge on any atom is -0.398 e. The highest BCUT2D eigenvalue weighted by Crippen LogP contribution is 2.36. The summed E-state index contributed by atoms with van der Waals surface area (Å²) in [6.45, 7) is 6.05. The van der Waals surface area contributed by atoms with Crippen LogP contribution in [-0.4, -0.2) is 62.7 Å². The number of morpholine rings is 1. The Labute approximate surface area is 202 Å². The Balaban J connectivity index is 1.45. The van der Waals surface area contributed by atoms with Crippen LogP contribution in [0, 0.1) is 6.92 Å². The summed E-state index contributed by atoms with van der Waals surface area (Å²) in [6, 6.07) is 11.9. The van der Waals surface area contributed by atoms with Crippen molar-refractivity contribution >= 4 is 50.9 Å². The second-order valence-corrected chi connectivity index (χ2v) is 9.45. The van der Waals surface area contributed by atoms with Gasteiger partial charge < -0.3 is 25.4 Å². The van der Waals surface area contributed by atoms with Crippen LogP contribution >= 0.6 is 11.3 Å². The Kier molecular flexibility index (Phi) is 6.57. The van der Waals surface area contributed by atoms with Crippen LogP contribution in [0.5, 0.6) is 0 Å². The number of aliphatic imine (C=N–C) groups is 1. The zero-order chi connectivity index (χ0) is 23.5. The van der Waals surface area contributed by atoms with Crippen LogP contribution in [0.3, 0.4) is 0 Å². The molecule has 1 aromatic carbocycles. The van der Waals surface area contributed by atoms with E-state index in [0.717, 1.165) is 40.1 Å². The van der Waals surface area contributed by atoms with Crippen LogP contribution < -0.4 is 16.0 Å². The van der Waals surface area contributed by atoms with Crippen molar-refractivity contribution in [3.8, 4) is 0 Å². The number of fused-ring (bicyclic) bond motifs is 1. The molecule has 0 bridgehead atoms. The first-order chi connectivity index (χ1) is 16.6. The number of aryl methyl sites for hydroxylation is 1. The molecule has 2 aliphatic rings. The molecule has 1 amide bonds. The first-order valence-corrected chi connectivity index (χ1v) is 12.1. The molecule has 4 heterocycles. The van der Waals surface area contributed by atoms with Gasteiger partial charge in [0.25, 0.3) is 5.91 Å². The number of hydrogen-bond donors (Lipinski definition) is 2. The van der Waals surface area contributed by atoms with Gasteiger partial charge in [-0.15, -0.1) is 11.3 Å². The largest absolute Gasteiger partial charge is 0.398 e. The van der Waals surface area contributed by atoms with Gasteiger partial charge in [-0.3, -0.25) is 4.79 Å². The molecule has 5 rings (SSSR count). The van der Waals surface area contributed by atoms with E-state index in [4.69, 9.17) is 20.2 Å². The molecule has 2 saturated heterocycles. The van der Waals surface area contributed by atoms with Gasteiger partial charge in [0.05, 0.1) is 53.3 Å². The molecule has 0 radical (unpaired) electrons. The highest BCUT2D eigenvalue weighted by molar-refractivity contribution is 7.21. The second-order valence-electron chi connectivity index (χ2n) is 8.40. The first-order valence-electron chi connectivity index (χ1n) is 11.3. The lowest BCUT2D eigenvalue weighted by Crippen LogP contribution is -2.48. The highest BCUT2D eigenvalue weighted by atomic mass is 32.1. The van der Waals surface area contributed by atoms with Gasteiger partial charge >= 0.3 is 0 Å². The number of nitrogens with zero attached hydrogens (tertiary/aromatic N) is 3. The van der Waals surface area contributed by atoms with E-state index in [1.165, 1.54) is 11.3 Å². The first kappa shape index (κ1) is 22.5. The normalized spacial score (nSPS) is 17.3. The number of nitrogens with one attached hydrogen (secondary N) is 1. The van der Waals surface area contributed by atoms with Gasteiger partial charge in [0.1, 0.15) is 0 Å². The zero-order valence-corrected chi connectivity index (χ0v) is 19.8. The average Bonchev–Trinajstić information content (AvgIpc) is 3.25. The van der Waals surface area contributed by atoms with Crippen molar-refractivity contribution in [2.24, 2.45) is 10.7 Å². The van der Waals surface area contributed by atoms with E-state index in [-0.39, 0.29) is 11.9 Å². The molecule has 3 N–H and O–H groups in total. The number of thiophene rings is 1. The van der Waals surface area contributed by atoms with Gasteiger partial charge in [-0.2, -0.15) is 0 Å². The third-order valence-corrected chi connectivity index (χ3v) is 6.95. The maximum absolute atomic E-state index is 12.7. The number of pyridine rings is 1. The van der Waals surface area contributed by atoms with Gasteiger partial charge in [0.15, 0.2) is 5.82 Å². The van der Waals surface area contributed by atoms with Crippen molar-refractivity contribution in [3.05, 3.63) is 58.5 Å². The molecule has 2 aliphatic heterocycles. The van der Waals surface area contributed by atoms with Crippen LogP contribution in [0.1, 0.15) is 20.8 Å². The number of nitrogens with two attached hydrogens (primary N) is 1. The maximum Gasteiger partial charge on any atom is 0.261 e. The van der Waals surface area contributed by atoms with Crippen molar-refractivity contribution in [3.63, 3.8) is 0 Å². The molecule has 0 unspecified atom stereocenters. The SMILES string of the molecule is Cc1cccc(/C(N)=C/C=Nc2cc(N3CCOCC3)c3sc(C(=O)NC4COC4)cc3n2)c1. The maximum atomic E-state index is 12.7. The fourth-order valence-electron chi connectivity index (χ4n) is 3.90. The van der Waals surface area contributed by atoms with E-state index in [1.54, 1.807) is 12.3 Å². The molecule has 0 spiro atoms. The Morgan fingerprint density at radius 3 is 2.79 bits per heavy atom. The third kappa shape index (κ3) is 4.96. The van der Waals surface area contributed by atoms with Crippen molar-refractivity contribution < 1.29 is 14.3 Å². The van der Waals surface area contributed by atoms with Crippen molar-refractivity contribution in [2.75, 3.05) is 44.4 Å². The lowest BCUT2D eigenvalue weighted by atomic mass is 10.1. The van der Waals surface area contributed by atoms with Gasteiger partial charge in [-0.25, -0.2) is 9.98 Å². The van der Waals surface area contributed by atoms with Crippen LogP contribution in [0.25, 0.3) is 15.9 Å². The molecular weight excluding hydrogens is 450 g/mol. The molecule has 34 heavy (non-hydrogen) atoms.